The normalized spacial score (nSPS) is 15.1. The predicted molar refractivity (Wildman–Crippen MR) is 117 cm³/mol. The van der Waals surface area contributed by atoms with Crippen LogP contribution in [0.5, 0.6) is 0 Å². The summed E-state index contributed by atoms with van der Waals surface area (Å²) in [7, 11) is -2.18. The molecule has 2 aromatic rings. The van der Waals surface area contributed by atoms with Crippen LogP contribution in [0.3, 0.4) is 0 Å². The summed E-state index contributed by atoms with van der Waals surface area (Å²) in [6.45, 7) is 0.581. The Labute approximate surface area is 187 Å². The Morgan fingerprint density at radius 3 is 2.41 bits per heavy atom. The molecular formula is C23H27FN2O5S. The van der Waals surface area contributed by atoms with Gasteiger partial charge in [-0.15, -0.1) is 0 Å². The van der Waals surface area contributed by atoms with Gasteiger partial charge in [-0.1, -0.05) is 31.0 Å². The average molecular weight is 463 g/mol. The van der Waals surface area contributed by atoms with Crippen LogP contribution in [-0.2, 0) is 26.1 Å². The number of esters is 1. The van der Waals surface area contributed by atoms with E-state index in [-0.39, 0.29) is 17.0 Å². The van der Waals surface area contributed by atoms with Crippen LogP contribution < -0.4 is 0 Å². The molecule has 32 heavy (non-hydrogen) atoms. The molecule has 3 rings (SSSR count). The molecule has 0 atom stereocenters. The number of likely N-dealkylation sites (N-methyl/N-ethyl adjacent to an activating group) is 1. The molecule has 0 aliphatic carbocycles. The molecule has 7 nitrogen and oxygen atoms in total. The van der Waals surface area contributed by atoms with Crippen molar-refractivity contribution in [1.82, 2.24) is 9.21 Å². The maximum absolute atomic E-state index is 13.3. The van der Waals surface area contributed by atoms with Crippen molar-refractivity contribution >= 4 is 21.9 Å². The summed E-state index contributed by atoms with van der Waals surface area (Å²) in [5, 5.41) is 0. The van der Waals surface area contributed by atoms with Crippen molar-refractivity contribution < 1.29 is 27.1 Å². The fourth-order valence-corrected chi connectivity index (χ4v) is 5.10. The molecule has 1 amide bonds. The molecule has 1 fully saturated rings. The first-order valence-electron chi connectivity index (χ1n) is 10.5. The van der Waals surface area contributed by atoms with Crippen molar-refractivity contribution in [3.8, 4) is 0 Å². The van der Waals surface area contributed by atoms with E-state index < -0.39 is 34.3 Å². The van der Waals surface area contributed by atoms with Gasteiger partial charge in [-0.2, -0.15) is 4.31 Å². The molecule has 0 unspecified atom stereocenters. The number of amides is 1. The summed E-state index contributed by atoms with van der Waals surface area (Å²) in [5.41, 5.74) is 0.667. The second-order valence-electron chi connectivity index (χ2n) is 7.80. The number of carbonyl (C=O) groups is 2. The van der Waals surface area contributed by atoms with Crippen molar-refractivity contribution in [1.29, 1.82) is 0 Å². The van der Waals surface area contributed by atoms with Crippen LogP contribution in [0.15, 0.2) is 53.4 Å². The molecule has 172 valence electrons. The fourth-order valence-electron chi connectivity index (χ4n) is 3.53. The van der Waals surface area contributed by atoms with Gasteiger partial charge in [0.1, 0.15) is 5.82 Å². The van der Waals surface area contributed by atoms with Gasteiger partial charge in [0.05, 0.1) is 10.5 Å². The van der Waals surface area contributed by atoms with Gasteiger partial charge >= 0.3 is 5.97 Å². The van der Waals surface area contributed by atoms with Gasteiger partial charge in [0.2, 0.25) is 10.0 Å². The second kappa shape index (κ2) is 10.7. The number of rotatable bonds is 7. The van der Waals surface area contributed by atoms with Crippen molar-refractivity contribution in [2.75, 3.05) is 26.7 Å². The smallest absolute Gasteiger partial charge is 0.338 e. The molecule has 0 aromatic heterocycles. The van der Waals surface area contributed by atoms with Crippen LogP contribution in [0.2, 0.25) is 0 Å². The van der Waals surface area contributed by atoms with E-state index >= 15 is 0 Å². The van der Waals surface area contributed by atoms with Crippen molar-refractivity contribution in [2.24, 2.45) is 0 Å². The lowest BCUT2D eigenvalue weighted by molar-refractivity contribution is -0.133. The number of sulfonamides is 1. The fraction of sp³-hybridized carbons (Fsp3) is 0.391. The largest absolute Gasteiger partial charge is 0.452 e. The Morgan fingerprint density at radius 2 is 1.72 bits per heavy atom. The van der Waals surface area contributed by atoms with Crippen LogP contribution in [0, 0.1) is 5.82 Å². The highest BCUT2D eigenvalue weighted by Crippen LogP contribution is 2.21. The van der Waals surface area contributed by atoms with E-state index in [1.807, 2.05) is 0 Å². The highest BCUT2D eigenvalue weighted by atomic mass is 32.2. The van der Waals surface area contributed by atoms with Gasteiger partial charge < -0.3 is 9.64 Å². The molecular weight excluding hydrogens is 435 g/mol. The maximum Gasteiger partial charge on any atom is 0.338 e. The zero-order valence-corrected chi connectivity index (χ0v) is 18.8. The molecule has 1 aliphatic rings. The third-order valence-corrected chi connectivity index (χ3v) is 7.23. The molecule has 0 spiro atoms. The van der Waals surface area contributed by atoms with Gasteiger partial charge in [-0.3, -0.25) is 4.79 Å². The van der Waals surface area contributed by atoms with Crippen LogP contribution in [0.1, 0.15) is 41.6 Å². The third kappa shape index (κ3) is 6.14. The van der Waals surface area contributed by atoms with Crippen LogP contribution >= 0.6 is 0 Å². The quantitative estimate of drug-likeness (QED) is 0.590. The van der Waals surface area contributed by atoms with Gasteiger partial charge in [0, 0.05) is 26.7 Å². The summed E-state index contributed by atoms with van der Waals surface area (Å²) >= 11 is 0. The predicted octanol–water partition coefficient (Wildman–Crippen LogP) is 3.21. The highest BCUT2D eigenvalue weighted by molar-refractivity contribution is 7.89. The van der Waals surface area contributed by atoms with Gasteiger partial charge in [0.15, 0.2) is 6.61 Å². The van der Waals surface area contributed by atoms with E-state index in [1.165, 1.54) is 52.7 Å². The van der Waals surface area contributed by atoms with Crippen molar-refractivity contribution in [2.45, 2.75) is 37.1 Å². The molecule has 9 heteroatoms. The molecule has 1 aliphatic heterocycles. The molecule has 1 saturated heterocycles. The van der Waals surface area contributed by atoms with E-state index in [0.717, 1.165) is 25.7 Å². The number of ether oxygens (including phenoxy) is 1. The standard InChI is InChI=1S/C23H27FN2O5S/c1-25(16-18-8-6-10-20(24)14-18)22(27)17-31-23(28)19-9-7-11-21(15-19)32(29,30)26-12-4-2-3-5-13-26/h6-11,14-15H,2-5,12-13,16-17H2,1H3. The van der Waals surface area contributed by atoms with Crippen molar-refractivity contribution in [3.05, 3.63) is 65.5 Å². The third-order valence-electron chi connectivity index (χ3n) is 5.33. The van der Waals surface area contributed by atoms with E-state index in [9.17, 15) is 22.4 Å². The number of carbonyl (C=O) groups excluding carboxylic acids is 2. The Morgan fingerprint density at radius 1 is 1.03 bits per heavy atom. The molecule has 0 bridgehead atoms. The molecule has 0 saturated carbocycles. The van der Waals surface area contributed by atoms with E-state index in [2.05, 4.69) is 0 Å². The molecule has 0 radical (unpaired) electrons. The topological polar surface area (TPSA) is 84.0 Å². The van der Waals surface area contributed by atoms with E-state index in [4.69, 9.17) is 4.74 Å². The Balaban J connectivity index is 1.61. The minimum Gasteiger partial charge on any atom is -0.452 e. The molecule has 2 aromatic carbocycles. The van der Waals surface area contributed by atoms with E-state index in [0.29, 0.717) is 18.7 Å². The maximum atomic E-state index is 13.3. The summed E-state index contributed by atoms with van der Waals surface area (Å²) in [6.07, 6.45) is 3.62. The molecule has 0 N–H and O–H groups in total. The van der Waals surface area contributed by atoms with Crippen molar-refractivity contribution in [3.63, 3.8) is 0 Å². The van der Waals surface area contributed by atoms with Crippen LogP contribution in [0.4, 0.5) is 4.39 Å². The first kappa shape index (κ1) is 23.9. The monoisotopic (exact) mass is 462 g/mol. The summed E-state index contributed by atoms with van der Waals surface area (Å²) in [6, 6.07) is 11.5. The minimum atomic E-state index is -3.70. The summed E-state index contributed by atoms with van der Waals surface area (Å²) in [5.74, 6) is -1.65. The van der Waals surface area contributed by atoms with E-state index in [1.54, 1.807) is 12.1 Å². The van der Waals surface area contributed by atoms with Gasteiger partial charge in [-0.05, 0) is 48.7 Å². The first-order valence-corrected chi connectivity index (χ1v) is 12.0. The second-order valence-corrected chi connectivity index (χ2v) is 9.74. The number of benzene rings is 2. The van der Waals surface area contributed by atoms with Gasteiger partial charge in [0.25, 0.3) is 5.91 Å². The minimum absolute atomic E-state index is 0.0309. The number of halogens is 1. The number of nitrogens with zero attached hydrogens (tertiary/aromatic N) is 2. The Hall–Kier alpha value is -2.78. The average Bonchev–Trinajstić information content (AvgIpc) is 3.07. The Kier molecular flexibility index (Phi) is 7.98. The number of hydrogen-bond donors (Lipinski definition) is 0. The van der Waals surface area contributed by atoms with Crippen LogP contribution in [-0.4, -0.2) is 56.2 Å². The SMILES string of the molecule is CN(Cc1cccc(F)c1)C(=O)COC(=O)c1cccc(S(=O)(=O)N2CCCCCC2)c1. The lowest BCUT2D eigenvalue weighted by Gasteiger charge is -2.20. The number of hydrogen-bond acceptors (Lipinski definition) is 5. The summed E-state index contributed by atoms with van der Waals surface area (Å²) in [4.78, 5) is 26.1. The van der Waals surface area contributed by atoms with Gasteiger partial charge in [-0.25, -0.2) is 17.6 Å². The zero-order chi connectivity index (χ0) is 23.1. The van der Waals surface area contributed by atoms with Crippen LogP contribution in [0.25, 0.3) is 0 Å². The lowest BCUT2D eigenvalue weighted by atomic mass is 10.2. The first-order chi connectivity index (χ1) is 15.3. The lowest BCUT2D eigenvalue weighted by Crippen LogP contribution is -2.32. The molecule has 1 heterocycles. The highest BCUT2D eigenvalue weighted by Gasteiger charge is 2.26. The Bertz CT molecular complexity index is 1070. The summed E-state index contributed by atoms with van der Waals surface area (Å²) < 4.78 is 45.8. The zero-order valence-electron chi connectivity index (χ0n) is 18.0.